The number of para-hydroxylation sites is 1. The predicted molar refractivity (Wildman–Crippen MR) is 122 cm³/mol. The molecule has 3 rings (SSSR count). The molecule has 0 saturated carbocycles. The van der Waals surface area contributed by atoms with Crippen LogP contribution in [-0.2, 0) is 11.3 Å². The minimum atomic E-state index is -0.316. The second-order valence-corrected chi connectivity index (χ2v) is 8.36. The van der Waals surface area contributed by atoms with Gasteiger partial charge in [-0.2, -0.15) is 0 Å². The number of aryl methyl sites for hydroxylation is 1. The van der Waals surface area contributed by atoms with Crippen LogP contribution in [0.3, 0.4) is 0 Å². The Bertz CT molecular complexity index is 1040. The molecule has 1 aromatic heterocycles. The van der Waals surface area contributed by atoms with Gasteiger partial charge >= 0.3 is 0 Å². The number of benzene rings is 2. The molecular weight excluding hydrogens is 443 g/mol. The number of nitrogens with zero attached hydrogens (tertiary/aromatic N) is 3. The highest BCUT2D eigenvalue weighted by atomic mass is 35.5. The molecule has 0 aliphatic heterocycles. The maximum Gasteiger partial charge on any atom is 0.234 e. The molecule has 0 bridgehead atoms. The summed E-state index contributed by atoms with van der Waals surface area (Å²) in [6.45, 7) is 6.52. The summed E-state index contributed by atoms with van der Waals surface area (Å²) >= 11 is 13.4. The van der Waals surface area contributed by atoms with Crippen molar-refractivity contribution < 1.29 is 9.53 Å². The van der Waals surface area contributed by atoms with Crippen molar-refractivity contribution in [3.63, 3.8) is 0 Å². The van der Waals surface area contributed by atoms with Crippen LogP contribution < -0.4 is 10.1 Å². The van der Waals surface area contributed by atoms with E-state index in [1.165, 1.54) is 11.8 Å². The summed E-state index contributed by atoms with van der Waals surface area (Å²) in [7, 11) is 0. The summed E-state index contributed by atoms with van der Waals surface area (Å²) < 4.78 is 8.02. The van der Waals surface area contributed by atoms with E-state index in [4.69, 9.17) is 27.9 Å². The summed E-state index contributed by atoms with van der Waals surface area (Å²) in [4.78, 5) is 12.3. The van der Waals surface area contributed by atoms with Crippen LogP contribution in [0.25, 0.3) is 0 Å². The quantitative estimate of drug-likeness (QED) is 0.427. The van der Waals surface area contributed by atoms with E-state index in [0.717, 1.165) is 11.3 Å². The van der Waals surface area contributed by atoms with Gasteiger partial charge in [0.05, 0.1) is 16.5 Å². The van der Waals surface area contributed by atoms with E-state index in [-0.39, 0.29) is 17.8 Å². The largest absolute Gasteiger partial charge is 0.482 e. The van der Waals surface area contributed by atoms with E-state index in [2.05, 4.69) is 15.5 Å². The van der Waals surface area contributed by atoms with Crippen LogP contribution in [0.2, 0.25) is 10.0 Å². The van der Waals surface area contributed by atoms with Gasteiger partial charge in [0.2, 0.25) is 5.91 Å². The molecule has 3 aromatic rings. The summed E-state index contributed by atoms with van der Waals surface area (Å²) in [5.41, 5.74) is 1.53. The van der Waals surface area contributed by atoms with Gasteiger partial charge in [0.1, 0.15) is 5.75 Å². The first-order chi connectivity index (χ1) is 14.4. The molecule has 0 fully saturated rings. The zero-order chi connectivity index (χ0) is 21.7. The topological polar surface area (TPSA) is 69.0 Å². The molecule has 0 aliphatic carbocycles. The molecule has 1 unspecified atom stereocenters. The highest BCUT2D eigenvalue weighted by Crippen LogP contribution is 2.28. The van der Waals surface area contributed by atoms with Crippen LogP contribution >= 0.6 is 35.0 Å². The van der Waals surface area contributed by atoms with Crippen LogP contribution in [0.1, 0.15) is 31.3 Å². The second-order valence-electron chi connectivity index (χ2n) is 6.57. The molecule has 0 saturated heterocycles. The number of rotatable bonds is 8. The fraction of sp³-hybridized carbons (Fsp3) is 0.286. The number of ether oxygens (including phenoxy) is 1. The van der Waals surface area contributed by atoms with Crippen molar-refractivity contribution in [3.05, 3.63) is 63.9 Å². The first-order valence-electron chi connectivity index (χ1n) is 9.42. The molecule has 1 atom stereocenters. The highest BCUT2D eigenvalue weighted by molar-refractivity contribution is 7.99. The minimum Gasteiger partial charge on any atom is -0.482 e. The molecule has 158 valence electrons. The van der Waals surface area contributed by atoms with Crippen LogP contribution in [0, 0.1) is 6.92 Å². The maximum atomic E-state index is 12.3. The Morgan fingerprint density at radius 2 is 2.00 bits per heavy atom. The first-order valence-corrected chi connectivity index (χ1v) is 11.2. The van der Waals surface area contributed by atoms with E-state index < -0.39 is 0 Å². The van der Waals surface area contributed by atoms with E-state index in [9.17, 15) is 4.79 Å². The van der Waals surface area contributed by atoms with Crippen molar-refractivity contribution in [1.29, 1.82) is 0 Å². The average molecular weight is 465 g/mol. The molecule has 1 N–H and O–H groups in total. The summed E-state index contributed by atoms with van der Waals surface area (Å²) in [6, 6.07) is 12.6. The summed E-state index contributed by atoms with van der Waals surface area (Å²) in [5.74, 6) is 1.46. The van der Waals surface area contributed by atoms with Crippen LogP contribution in [0.4, 0.5) is 5.69 Å². The standard InChI is InChI=1S/C21H22Cl2N4O2S/c1-4-27-20(14(3)29-18-10-9-15(22)11-13(18)2)25-26-21(27)30-12-19(28)24-17-8-6-5-7-16(17)23/h5-11,14H,4,12H2,1-3H3,(H,24,28). The monoisotopic (exact) mass is 464 g/mol. The Morgan fingerprint density at radius 1 is 1.23 bits per heavy atom. The molecule has 2 aromatic carbocycles. The van der Waals surface area contributed by atoms with E-state index in [1.54, 1.807) is 18.2 Å². The van der Waals surface area contributed by atoms with Crippen molar-refractivity contribution in [1.82, 2.24) is 14.8 Å². The van der Waals surface area contributed by atoms with Crippen molar-refractivity contribution in [2.45, 2.75) is 38.6 Å². The number of amides is 1. The lowest BCUT2D eigenvalue weighted by Crippen LogP contribution is -2.15. The second kappa shape index (κ2) is 10.2. The van der Waals surface area contributed by atoms with E-state index >= 15 is 0 Å². The Hall–Kier alpha value is -2.22. The number of hydrogen-bond acceptors (Lipinski definition) is 5. The molecular formula is C21H22Cl2N4O2S. The van der Waals surface area contributed by atoms with Crippen molar-refractivity contribution in [2.75, 3.05) is 11.1 Å². The molecule has 0 spiro atoms. The van der Waals surface area contributed by atoms with Gasteiger partial charge in [-0.05, 0) is 56.7 Å². The van der Waals surface area contributed by atoms with E-state index in [1.807, 2.05) is 49.6 Å². The zero-order valence-corrected chi connectivity index (χ0v) is 19.2. The van der Waals surface area contributed by atoms with Crippen molar-refractivity contribution >= 4 is 46.6 Å². The molecule has 9 heteroatoms. The number of halogens is 2. The summed E-state index contributed by atoms with van der Waals surface area (Å²) in [6.07, 6.45) is -0.316. The fourth-order valence-electron chi connectivity index (χ4n) is 2.87. The fourth-order valence-corrected chi connectivity index (χ4v) is 4.09. The lowest BCUT2D eigenvalue weighted by atomic mass is 10.2. The van der Waals surface area contributed by atoms with Gasteiger partial charge in [0.15, 0.2) is 17.1 Å². The van der Waals surface area contributed by atoms with Crippen LogP contribution in [0.5, 0.6) is 5.75 Å². The minimum absolute atomic E-state index is 0.165. The predicted octanol–water partition coefficient (Wildman–Crippen LogP) is 5.78. The normalized spacial score (nSPS) is 11.9. The van der Waals surface area contributed by atoms with Gasteiger partial charge in [-0.25, -0.2) is 0 Å². The maximum absolute atomic E-state index is 12.3. The Kier molecular flexibility index (Phi) is 7.64. The van der Waals surface area contributed by atoms with E-state index in [0.29, 0.717) is 33.3 Å². The Morgan fingerprint density at radius 3 is 2.70 bits per heavy atom. The van der Waals surface area contributed by atoms with Gasteiger partial charge in [0, 0.05) is 11.6 Å². The van der Waals surface area contributed by atoms with Crippen LogP contribution in [0.15, 0.2) is 47.6 Å². The van der Waals surface area contributed by atoms with Gasteiger partial charge in [-0.3, -0.25) is 4.79 Å². The molecule has 1 amide bonds. The third-order valence-corrected chi connectivity index (χ3v) is 5.88. The first kappa shape index (κ1) is 22.5. The Balaban J connectivity index is 1.66. The number of carbonyl (C=O) groups excluding carboxylic acids is 1. The SMILES string of the molecule is CCn1c(SCC(=O)Nc2ccccc2Cl)nnc1C(C)Oc1ccc(Cl)cc1C. The lowest BCUT2D eigenvalue weighted by molar-refractivity contribution is -0.113. The number of hydrogen-bond donors (Lipinski definition) is 1. The third-order valence-electron chi connectivity index (χ3n) is 4.35. The molecule has 0 radical (unpaired) electrons. The zero-order valence-electron chi connectivity index (χ0n) is 16.9. The number of aromatic nitrogens is 3. The average Bonchev–Trinajstić information content (AvgIpc) is 3.13. The van der Waals surface area contributed by atoms with Crippen molar-refractivity contribution in [2.24, 2.45) is 0 Å². The van der Waals surface area contributed by atoms with Crippen LogP contribution in [-0.4, -0.2) is 26.4 Å². The number of thioether (sulfide) groups is 1. The molecule has 6 nitrogen and oxygen atoms in total. The van der Waals surface area contributed by atoms with Gasteiger partial charge in [-0.15, -0.1) is 10.2 Å². The van der Waals surface area contributed by atoms with Crippen molar-refractivity contribution in [3.8, 4) is 5.75 Å². The van der Waals surface area contributed by atoms with Gasteiger partial charge in [0.25, 0.3) is 0 Å². The molecule has 1 heterocycles. The third kappa shape index (κ3) is 5.47. The molecule has 30 heavy (non-hydrogen) atoms. The highest BCUT2D eigenvalue weighted by Gasteiger charge is 2.20. The smallest absolute Gasteiger partial charge is 0.234 e. The summed E-state index contributed by atoms with van der Waals surface area (Å²) in [5, 5.41) is 13.2. The number of carbonyl (C=O) groups is 1. The number of nitrogens with one attached hydrogen (secondary N) is 1. The lowest BCUT2D eigenvalue weighted by Gasteiger charge is -2.17. The number of anilines is 1. The Labute approximate surface area is 189 Å². The van der Waals surface area contributed by atoms with Gasteiger partial charge in [-0.1, -0.05) is 47.1 Å². The molecule has 0 aliphatic rings. The van der Waals surface area contributed by atoms with Gasteiger partial charge < -0.3 is 14.6 Å².